The summed E-state index contributed by atoms with van der Waals surface area (Å²) in [5, 5.41) is 4.13. The van der Waals surface area contributed by atoms with Gasteiger partial charge in [-0.05, 0) is 31.6 Å². The number of aryl methyl sites for hydroxylation is 1. The van der Waals surface area contributed by atoms with Crippen LogP contribution in [0, 0.1) is 5.92 Å². The number of piperazine rings is 1. The Balaban J connectivity index is 1.29. The number of piperidine rings is 1. The standard InChI is InChI=1S/C22H37N5O2/c1-18(2)16-25-9-11-26(12-10-25)20-4-13-29-22(14-20)5-7-27(8-6-22)21(28)19-15-23-24(3)17-19/h15,17-18,20H,4-14,16H2,1-3H3. The molecule has 4 heterocycles. The summed E-state index contributed by atoms with van der Waals surface area (Å²) in [4.78, 5) is 20.0. The zero-order chi connectivity index (χ0) is 20.4. The van der Waals surface area contributed by atoms with Crippen molar-refractivity contribution < 1.29 is 9.53 Å². The lowest BCUT2D eigenvalue weighted by Crippen LogP contribution is -2.57. The second kappa shape index (κ2) is 8.74. The van der Waals surface area contributed by atoms with E-state index in [0.29, 0.717) is 11.6 Å². The molecule has 3 saturated heterocycles. The summed E-state index contributed by atoms with van der Waals surface area (Å²) >= 11 is 0. The molecular weight excluding hydrogens is 366 g/mol. The van der Waals surface area contributed by atoms with Crippen molar-refractivity contribution in [2.24, 2.45) is 13.0 Å². The molecule has 29 heavy (non-hydrogen) atoms. The molecule has 1 spiro atoms. The number of ether oxygens (including phenoxy) is 1. The maximum absolute atomic E-state index is 12.7. The molecule has 1 aromatic rings. The highest BCUT2D eigenvalue weighted by atomic mass is 16.5. The van der Waals surface area contributed by atoms with E-state index < -0.39 is 0 Å². The molecule has 3 fully saturated rings. The maximum Gasteiger partial charge on any atom is 0.257 e. The van der Waals surface area contributed by atoms with Gasteiger partial charge in [0.25, 0.3) is 5.91 Å². The number of nitrogens with zero attached hydrogens (tertiary/aromatic N) is 5. The number of carbonyl (C=O) groups is 1. The molecule has 3 aliphatic rings. The number of carbonyl (C=O) groups excluding carboxylic acids is 1. The fraction of sp³-hybridized carbons (Fsp3) is 0.818. The van der Waals surface area contributed by atoms with Crippen LogP contribution in [0.3, 0.4) is 0 Å². The van der Waals surface area contributed by atoms with E-state index in [9.17, 15) is 4.79 Å². The van der Waals surface area contributed by atoms with Gasteiger partial charge < -0.3 is 14.5 Å². The summed E-state index contributed by atoms with van der Waals surface area (Å²) < 4.78 is 8.04. The molecule has 0 aromatic carbocycles. The molecule has 3 aliphatic heterocycles. The summed E-state index contributed by atoms with van der Waals surface area (Å²) in [5.74, 6) is 0.842. The highest BCUT2D eigenvalue weighted by Gasteiger charge is 2.43. The third kappa shape index (κ3) is 4.84. The van der Waals surface area contributed by atoms with Crippen molar-refractivity contribution in [3.8, 4) is 0 Å². The number of rotatable bonds is 4. The number of amides is 1. The normalized spacial score (nSPS) is 26.3. The predicted molar refractivity (Wildman–Crippen MR) is 113 cm³/mol. The number of hydrogen-bond acceptors (Lipinski definition) is 5. The zero-order valence-corrected chi connectivity index (χ0v) is 18.3. The lowest BCUT2D eigenvalue weighted by Gasteiger charge is -2.49. The monoisotopic (exact) mass is 403 g/mol. The number of likely N-dealkylation sites (tertiary alicyclic amines) is 1. The van der Waals surface area contributed by atoms with E-state index in [1.165, 1.54) is 32.7 Å². The number of hydrogen-bond donors (Lipinski definition) is 0. The van der Waals surface area contributed by atoms with E-state index in [-0.39, 0.29) is 11.5 Å². The van der Waals surface area contributed by atoms with Crippen molar-refractivity contribution in [1.82, 2.24) is 24.5 Å². The van der Waals surface area contributed by atoms with Gasteiger partial charge in [0.05, 0.1) is 17.4 Å². The summed E-state index contributed by atoms with van der Waals surface area (Å²) in [7, 11) is 1.85. The predicted octanol–water partition coefficient (Wildman–Crippen LogP) is 1.85. The van der Waals surface area contributed by atoms with Crippen LogP contribution in [-0.4, -0.2) is 94.5 Å². The van der Waals surface area contributed by atoms with Gasteiger partial charge in [-0.15, -0.1) is 0 Å². The molecule has 1 aromatic heterocycles. The molecule has 0 aliphatic carbocycles. The second-order valence-electron chi connectivity index (χ2n) is 9.60. The van der Waals surface area contributed by atoms with Gasteiger partial charge in [0.2, 0.25) is 0 Å². The Hall–Kier alpha value is -1.44. The van der Waals surface area contributed by atoms with Crippen LogP contribution in [0.25, 0.3) is 0 Å². The Labute approximate surface area is 175 Å². The van der Waals surface area contributed by atoms with Gasteiger partial charge in [-0.2, -0.15) is 5.10 Å². The van der Waals surface area contributed by atoms with Crippen LogP contribution in [-0.2, 0) is 11.8 Å². The highest BCUT2D eigenvalue weighted by Crippen LogP contribution is 2.37. The minimum atomic E-state index is -0.0380. The van der Waals surface area contributed by atoms with Crippen molar-refractivity contribution in [3.63, 3.8) is 0 Å². The molecular formula is C22H37N5O2. The quantitative estimate of drug-likeness (QED) is 0.768. The SMILES string of the molecule is CC(C)CN1CCN(C2CCOC3(CCN(C(=O)c4cnn(C)c4)CC3)C2)CC1. The smallest absolute Gasteiger partial charge is 0.257 e. The largest absolute Gasteiger partial charge is 0.375 e. The number of aromatic nitrogens is 2. The Morgan fingerprint density at radius 2 is 1.93 bits per heavy atom. The van der Waals surface area contributed by atoms with E-state index in [2.05, 4.69) is 28.7 Å². The van der Waals surface area contributed by atoms with Crippen LogP contribution in [0.1, 0.15) is 49.9 Å². The van der Waals surface area contributed by atoms with Crippen LogP contribution in [0.2, 0.25) is 0 Å². The Kier molecular flexibility index (Phi) is 6.27. The molecule has 0 bridgehead atoms. The van der Waals surface area contributed by atoms with Gasteiger partial charge in [0.15, 0.2) is 0 Å². The molecule has 4 rings (SSSR count). The van der Waals surface area contributed by atoms with Crippen LogP contribution >= 0.6 is 0 Å². The van der Waals surface area contributed by atoms with Crippen molar-refractivity contribution in [1.29, 1.82) is 0 Å². The van der Waals surface area contributed by atoms with E-state index in [0.717, 1.165) is 51.3 Å². The first kappa shape index (κ1) is 20.8. The molecule has 0 N–H and O–H groups in total. The molecule has 7 nitrogen and oxygen atoms in total. The lowest BCUT2D eigenvalue weighted by molar-refractivity contribution is -0.132. The fourth-order valence-corrected chi connectivity index (χ4v) is 5.32. The Morgan fingerprint density at radius 1 is 1.21 bits per heavy atom. The average molecular weight is 404 g/mol. The molecule has 1 amide bonds. The first-order valence-corrected chi connectivity index (χ1v) is 11.3. The maximum atomic E-state index is 12.7. The van der Waals surface area contributed by atoms with Gasteiger partial charge in [0.1, 0.15) is 0 Å². The van der Waals surface area contributed by atoms with Gasteiger partial charge in [-0.25, -0.2) is 0 Å². The van der Waals surface area contributed by atoms with Crippen LogP contribution in [0.15, 0.2) is 12.4 Å². The fourth-order valence-electron chi connectivity index (χ4n) is 5.32. The Morgan fingerprint density at radius 3 is 2.55 bits per heavy atom. The van der Waals surface area contributed by atoms with Gasteiger partial charge in [-0.1, -0.05) is 13.8 Å². The third-order valence-electron chi connectivity index (χ3n) is 6.93. The minimum absolute atomic E-state index is 0.0380. The molecule has 7 heteroatoms. The van der Waals surface area contributed by atoms with E-state index >= 15 is 0 Å². The molecule has 0 radical (unpaired) electrons. The lowest BCUT2D eigenvalue weighted by atomic mass is 9.81. The van der Waals surface area contributed by atoms with Crippen molar-refractivity contribution >= 4 is 5.91 Å². The first-order chi connectivity index (χ1) is 13.9. The van der Waals surface area contributed by atoms with E-state index in [1.807, 2.05) is 11.9 Å². The van der Waals surface area contributed by atoms with Crippen molar-refractivity contribution in [3.05, 3.63) is 18.0 Å². The summed E-state index contributed by atoms with van der Waals surface area (Å²) in [6.45, 7) is 13.0. The van der Waals surface area contributed by atoms with Crippen molar-refractivity contribution in [2.75, 3.05) is 52.4 Å². The Bertz CT molecular complexity index is 687. The summed E-state index contributed by atoms with van der Waals surface area (Å²) in [6.07, 6.45) is 7.62. The molecule has 1 atom stereocenters. The van der Waals surface area contributed by atoms with Gasteiger partial charge >= 0.3 is 0 Å². The summed E-state index contributed by atoms with van der Waals surface area (Å²) in [5.41, 5.74) is 0.647. The van der Waals surface area contributed by atoms with Crippen molar-refractivity contribution in [2.45, 2.75) is 51.2 Å². The highest BCUT2D eigenvalue weighted by molar-refractivity contribution is 5.93. The topological polar surface area (TPSA) is 53.8 Å². The van der Waals surface area contributed by atoms with Crippen LogP contribution in [0.4, 0.5) is 0 Å². The van der Waals surface area contributed by atoms with Crippen LogP contribution in [0.5, 0.6) is 0 Å². The van der Waals surface area contributed by atoms with E-state index in [1.54, 1.807) is 17.1 Å². The third-order valence-corrected chi connectivity index (χ3v) is 6.93. The van der Waals surface area contributed by atoms with Gasteiger partial charge in [-0.3, -0.25) is 14.4 Å². The average Bonchev–Trinajstić information content (AvgIpc) is 3.15. The first-order valence-electron chi connectivity index (χ1n) is 11.3. The van der Waals surface area contributed by atoms with Crippen LogP contribution < -0.4 is 0 Å². The zero-order valence-electron chi connectivity index (χ0n) is 18.3. The minimum Gasteiger partial charge on any atom is -0.375 e. The molecule has 162 valence electrons. The second-order valence-corrected chi connectivity index (χ2v) is 9.60. The molecule has 1 unspecified atom stereocenters. The molecule has 0 saturated carbocycles. The summed E-state index contributed by atoms with van der Waals surface area (Å²) in [6, 6.07) is 0.630. The van der Waals surface area contributed by atoms with Gasteiger partial charge in [0, 0.05) is 71.7 Å². The van der Waals surface area contributed by atoms with E-state index in [4.69, 9.17) is 4.74 Å².